The molecule has 1 heterocycles. The van der Waals surface area contributed by atoms with Crippen LogP contribution in [0.1, 0.15) is 26.2 Å². The Balaban J connectivity index is 0.00000364. The van der Waals surface area contributed by atoms with Crippen molar-refractivity contribution < 1.29 is 5.11 Å². The van der Waals surface area contributed by atoms with Crippen LogP contribution in [0.2, 0.25) is 5.02 Å². The van der Waals surface area contributed by atoms with Crippen molar-refractivity contribution in [2.45, 2.75) is 37.2 Å². The molecule has 0 bridgehead atoms. The molecule has 1 fully saturated rings. The molecule has 1 aliphatic heterocycles. The van der Waals surface area contributed by atoms with E-state index in [1.54, 1.807) is 11.8 Å². The van der Waals surface area contributed by atoms with Crippen LogP contribution in [-0.4, -0.2) is 67.1 Å². The van der Waals surface area contributed by atoms with Gasteiger partial charge in [0.2, 0.25) is 0 Å². The summed E-state index contributed by atoms with van der Waals surface area (Å²) in [5, 5.41) is 17.0. The monoisotopic (exact) mass is 526 g/mol. The van der Waals surface area contributed by atoms with Crippen molar-refractivity contribution in [2.24, 2.45) is 4.99 Å². The molecule has 27 heavy (non-hydrogen) atoms. The number of aliphatic imine (C=N–C) groups is 1. The molecular weight excluding hydrogens is 495 g/mol. The van der Waals surface area contributed by atoms with E-state index in [2.05, 4.69) is 27.4 Å². The summed E-state index contributed by atoms with van der Waals surface area (Å²) >= 11 is 7.71. The first-order valence-electron chi connectivity index (χ1n) is 9.48. The SMILES string of the molecule is CCNC(=NCCCN1CCC(O)CC1)NCCSc1ccc(Cl)cc1.I. The second-order valence-corrected chi connectivity index (χ2v) is 8.02. The van der Waals surface area contributed by atoms with Gasteiger partial charge in [0.1, 0.15) is 0 Å². The molecule has 0 spiro atoms. The van der Waals surface area contributed by atoms with Crippen LogP contribution in [0.15, 0.2) is 34.2 Å². The topological polar surface area (TPSA) is 59.9 Å². The lowest BCUT2D eigenvalue weighted by Gasteiger charge is -2.29. The number of rotatable bonds is 9. The highest BCUT2D eigenvalue weighted by molar-refractivity contribution is 14.0. The lowest BCUT2D eigenvalue weighted by atomic mass is 10.1. The first-order chi connectivity index (χ1) is 12.7. The molecular formula is C19H32ClIN4OS. The molecule has 0 aromatic heterocycles. The highest BCUT2D eigenvalue weighted by Gasteiger charge is 2.15. The quantitative estimate of drug-likeness (QED) is 0.151. The standard InChI is InChI=1S/C19H31ClN4OS.HI/c1-2-21-19(22-10-3-12-24-13-8-17(25)9-14-24)23-11-15-26-18-6-4-16(20)5-7-18;/h4-7,17,25H,2-3,8-15H2,1H3,(H2,21,22,23);1H. The predicted octanol–water partition coefficient (Wildman–Crippen LogP) is 3.45. The van der Waals surface area contributed by atoms with Gasteiger partial charge in [-0.3, -0.25) is 4.99 Å². The average Bonchev–Trinajstić information content (AvgIpc) is 2.65. The maximum Gasteiger partial charge on any atom is 0.191 e. The molecule has 2 rings (SSSR count). The number of piperidine rings is 1. The highest BCUT2D eigenvalue weighted by atomic mass is 127. The lowest BCUT2D eigenvalue weighted by Crippen LogP contribution is -2.39. The van der Waals surface area contributed by atoms with E-state index in [-0.39, 0.29) is 30.1 Å². The number of aliphatic hydroxyl groups is 1. The number of thioether (sulfide) groups is 1. The van der Waals surface area contributed by atoms with E-state index in [9.17, 15) is 5.11 Å². The van der Waals surface area contributed by atoms with Crippen LogP contribution in [0.25, 0.3) is 0 Å². The largest absolute Gasteiger partial charge is 0.393 e. The first kappa shape index (κ1) is 24.8. The minimum absolute atomic E-state index is 0. The van der Waals surface area contributed by atoms with Gasteiger partial charge in [0.25, 0.3) is 0 Å². The molecule has 0 aliphatic carbocycles. The first-order valence-corrected chi connectivity index (χ1v) is 10.8. The van der Waals surface area contributed by atoms with Gasteiger partial charge in [-0.1, -0.05) is 11.6 Å². The summed E-state index contributed by atoms with van der Waals surface area (Å²) in [6.45, 7) is 7.69. The van der Waals surface area contributed by atoms with E-state index in [0.29, 0.717) is 0 Å². The van der Waals surface area contributed by atoms with Crippen molar-refractivity contribution in [2.75, 3.05) is 45.0 Å². The van der Waals surface area contributed by atoms with Crippen LogP contribution in [0, 0.1) is 0 Å². The second-order valence-electron chi connectivity index (χ2n) is 6.42. The highest BCUT2D eigenvalue weighted by Crippen LogP contribution is 2.19. The number of halogens is 2. The fourth-order valence-electron chi connectivity index (χ4n) is 2.84. The van der Waals surface area contributed by atoms with Crippen LogP contribution in [0.5, 0.6) is 0 Å². The molecule has 0 radical (unpaired) electrons. The van der Waals surface area contributed by atoms with Crippen molar-refractivity contribution >= 4 is 53.3 Å². The number of guanidine groups is 1. The van der Waals surface area contributed by atoms with Gasteiger partial charge < -0.3 is 20.6 Å². The van der Waals surface area contributed by atoms with Crippen molar-refractivity contribution in [3.05, 3.63) is 29.3 Å². The number of hydrogen-bond acceptors (Lipinski definition) is 4. The van der Waals surface area contributed by atoms with E-state index in [1.807, 2.05) is 24.3 Å². The lowest BCUT2D eigenvalue weighted by molar-refractivity contribution is 0.0824. The smallest absolute Gasteiger partial charge is 0.191 e. The zero-order valence-electron chi connectivity index (χ0n) is 16.0. The molecule has 8 heteroatoms. The summed E-state index contributed by atoms with van der Waals surface area (Å²) in [5.74, 6) is 1.86. The Morgan fingerprint density at radius 1 is 1.26 bits per heavy atom. The van der Waals surface area contributed by atoms with E-state index in [1.165, 1.54) is 4.90 Å². The molecule has 154 valence electrons. The van der Waals surface area contributed by atoms with E-state index in [4.69, 9.17) is 11.6 Å². The Kier molecular flexibility index (Phi) is 13.5. The normalized spacial score (nSPS) is 16.0. The van der Waals surface area contributed by atoms with Crippen molar-refractivity contribution in [3.63, 3.8) is 0 Å². The van der Waals surface area contributed by atoms with E-state index < -0.39 is 0 Å². The maximum atomic E-state index is 9.55. The fraction of sp³-hybridized carbons (Fsp3) is 0.632. The van der Waals surface area contributed by atoms with Gasteiger partial charge >= 0.3 is 0 Å². The van der Waals surface area contributed by atoms with E-state index in [0.717, 1.165) is 75.3 Å². The summed E-state index contributed by atoms with van der Waals surface area (Å²) in [6.07, 6.45) is 2.75. The Bertz CT molecular complexity index is 539. The van der Waals surface area contributed by atoms with Gasteiger partial charge in [-0.25, -0.2) is 0 Å². The minimum atomic E-state index is -0.0976. The molecule has 1 saturated heterocycles. The summed E-state index contributed by atoms with van der Waals surface area (Å²) in [4.78, 5) is 8.31. The van der Waals surface area contributed by atoms with Crippen LogP contribution < -0.4 is 10.6 Å². The molecule has 1 aromatic carbocycles. The Hall–Kier alpha value is -0.220. The number of nitrogens with zero attached hydrogens (tertiary/aromatic N) is 2. The van der Waals surface area contributed by atoms with Gasteiger partial charge in [-0.2, -0.15) is 0 Å². The van der Waals surface area contributed by atoms with Gasteiger partial charge in [-0.05, 0) is 57.0 Å². The summed E-state index contributed by atoms with van der Waals surface area (Å²) < 4.78 is 0. The molecule has 3 N–H and O–H groups in total. The second kappa shape index (κ2) is 14.7. The molecule has 1 aromatic rings. The van der Waals surface area contributed by atoms with Crippen molar-refractivity contribution in [1.29, 1.82) is 0 Å². The predicted molar refractivity (Wildman–Crippen MR) is 128 cm³/mol. The molecule has 5 nitrogen and oxygen atoms in total. The van der Waals surface area contributed by atoms with Gasteiger partial charge in [0.15, 0.2) is 5.96 Å². The third-order valence-corrected chi connectivity index (χ3v) is 5.55. The third kappa shape index (κ3) is 10.8. The van der Waals surface area contributed by atoms with Crippen LogP contribution in [0.4, 0.5) is 0 Å². The maximum absolute atomic E-state index is 9.55. The minimum Gasteiger partial charge on any atom is -0.393 e. The third-order valence-electron chi connectivity index (χ3n) is 4.28. The van der Waals surface area contributed by atoms with Crippen LogP contribution in [0.3, 0.4) is 0 Å². The zero-order valence-corrected chi connectivity index (χ0v) is 19.9. The van der Waals surface area contributed by atoms with Crippen molar-refractivity contribution in [3.8, 4) is 0 Å². The van der Waals surface area contributed by atoms with Crippen LogP contribution in [-0.2, 0) is 0 Å². The molecule has 0 saturated carbocycles. The number of nitrogens with one attached hydrogen (secondary N) is 2. The molecule has 1 aliphatic rings. The molecule has 0 amide bonds. The molecule has 0 unspecified atom stereocenters. The number of likely N-dealkylation sites (tertiary alicyclic amines) is 1. The Morgan fingerprint density at radius 2 is 1.96 bits per heavy atom. The van der Waals surface area contributed by atoms with Gasteiger partial charge in [-0.15, -0.1) is 35.7 Å². The number of aliphatic hydroxyl groups excluding tert-OH is 1. The Morgan fingerprint density at radius 3 is 2.63 bits per heavy atom. The summed E-state index contributed by atoms with van der Waals surface area (Å²) in [6, 6.07) is 7.94. The summed E-state index contributed by atoms with van der Waals surface area (Å²) in [7, 11) is 0. The Labute approximate surface area is 189 Å². The molecule has 0 atom stereocenters. The number of hydrogen-bond donors (Lipinski definition) is 3. The fourth-order valence-corrected chi connectivity index (χ4v) is 3.73. The van der Waals surface area contributed by atoms with Crippen LogP contribution >= 0.6 is 47.3 Å². The van der Waals surface area contributed by atoms with Crippen molar-refractivity contribution in [1.82, 2.24) is 15.5 Å². The van der Waals surface area contributed by atoms with Gasteiger partial charge in [0, 0.05) is 48.4 Å². The van der Waals surface area contributed by atoms with Gasteiger partial charge in [0.05, 0.1) is 6.10 Å². The zero-order chi connectivity index (χ0) is 18.6. The average molecular weight is 527 g/mol. The number of benzene rings is 1. The van der Waals surface area contributed by atoms with E-state index >= 15 is 0 Å². The summed E-state index contributed by atoms with van der Waals surface area (Å²) in [5.41, 5.74) is 0.